The summed E-state index contributed by atoms with van der Waals surface area (Å²) in [6.45, 7) is 2.92. The highest BCUT2D eigenvalue weighted by Gasteiger charge is 2.31. The van der Waals surface area contributed by atoms with Crippen LogP contribution in [0, 0.1) is 0 Å². The van der Waals surface area contributed by atoms with Gasteiger partial charge in [0, 0.05) is 40.9 Å². The Balaban J connectivity index is 1.38. The highest BCUT2D eigenvalue weighted by molar-refractivity contribution is 7.99. The van der Waals surface area contributed by atoms with Crippen LogP contribution in [0.4, 0.5) is 0 Å². The first-order valence-corrected chi connectivity index (χ1v) is 11.9. The molecule has 2 aliphatic rings. The molecular weight excluding hydrogens is 394 g/mol. The maximum Gasteiger partial charge on any atom is 0.237 e. The number of hydrogen-bond donors (Lipinski definition) is 1. The van der Waals surface area contributed by atoms with E-state index >= 15 is 0 Å². The van der Waals surface area contributed by atoms with Crippen molar-refractivity contribution in [2.24, 2.45) is 0 Å². The molecule has 0 bridgehead atoms. The van der Waals surface area contributed by atoms with E-state index in [1.54, 1.807) is 0 Å². The average Bonchev–Trinajstić information content (AvgIpc) is 3.17. The first-order chi connectivity index (χ1) is 14.8. The lowest BCUT2D eigenvalue weighted by Gasteiger charge is -2.23. The summed E-state index contributed by atoms with van der Waals surface area (Å²) in [6.07, 6.45) is 10.7. The van der Waals surface area contributed by atoms with Crippen molar-refractivity contribution in [3.8, 4) is 11.4 Å². The Kier molecular flexibility index (Phi) is 5.37. The van der Waals surface area contributed by atoms with Gasteiger partial charge in [-0.2, -0.15) is 0 Å². The molecular formula is C23H27N5OS. The van der Waals surface area contributed by atoms with E-state index in [0.717, 1.165) is 72.5 Å². The van der Waals surface area contributed by atoms with E-state index in [0.29, 0.717) is 11.8 Å². The smallest absolute Gasteiger partial charge is 0.237 e. The zero-order valence-electron chi connectivity index (χ0n) is 17.3. The van der Waals surface area contributed by atoms with Crippen LogP contribution in [0.3, 0.4) is 0 Å². The van der Waals surface area contributed by atoms with Crippen molar-refractivity contribution < 1.29 is 4.79 Å². The molecule has 3 aromatic rings. The monoisotopic (exact) mass is 421 g/mol. The molecule has 1 amide bonds. The Morgan fingerprint density at radius 3 is 2.93 bits per heavy atom. The van der Waals surface area contributed by atoms with E-state index in [2.05, 4.69) is 44.9 Å². The molecule has 0 radical (unpaired) electrons. The molecule has 156 valence electrons. The lowest BCUT2D eigenvalue weighted by atomic mass is 10.1. The second-order valence-electron chi connectivity index (χ2n) is 8.08. The number of fused-ring (bicyclic) bond motifs is 1. The van der Waals surface area contributed by atoms with Gasteiger partial charge in [-0.05, 0) is 44.6 Å². The average molecular weight is 422 g/mol. The fourth-order valence-corrected chi connectivity index (χ4v) is 5.11. The summed E-state index contributed by atoms with van der Waals surface area (Å²) in [7, 11) is 0. The van der Waals surface area contributed by atoms with Gasteiger partial charge >= 0.3 is 0 Å². The Hall–Kier alpha value is -2.54. The molecule has 1 fully saturated rings. The van der Waals surface area contributed by atoms with Crippen molar-refractivity contribution >= 4 is 28.6 Å². The number of thioether (sulfide) groups is 1. The summed E-state index contributed by atoms with van der Waals surface area (Å²) in [4.78, 5) is 18.3. The maximum absolute atomic E-state index is 13.0. The number of carbonyl (C=O) groups is 1. The van der Waals surface area contributed by atoms with Gasteiger partial charge in [-0.1, -0.05) is 43.0 Å². The van der Waals surface area contributed by atoms with Crippen LogP contribution in [0.5, 0.6) is 0 Å². The van der Waals surface area contributed by atoms with Gasteiger partial charge in [-0.25, -0.2) is 0 Å². The van der Waals surface area contributed by atoms with E-state index < -0.39 is 0 Å². The number of amides is 1. The highest BCUT2D eigenvalue weighted by atomic mass is 32.2. The van der Waals surface area contributed by atoms with Gasteiger partial charge in [0.1, 0.15) is 0 Å². The zero-order valence-corrected chi connectivity index (χ0v) is 18.1. The molecule has 7 heteroatoms. The number of aromatic amines is 1. The number of nitrogens with zero attached hydrogens (tertiary/aromatic N) is 4. The zero-order chi connectivity index (χ0) is 20.5. The van der Waals surface area contributed by atoms with Crippen molar-refractivity contribution in [1.29, 1.82) is 0 Å². The summed E-state index contributed by atoms with van der Waals surface area (Å²) < 4.78 is 2.24. The minimum Gasteiger partial charge on any atom is -0.360 e. The molecule has 0 aliphatic heterocycles. The van der Waals surface area contributed by atoms with Gasteiger partial charge in [-0.3, -0.25) is 9.36 Å². The van der Waals surface area contributed by atoms with Gasteiger partial charge in [0.2, 0.25) is 5.91 Å². The van der Waals surface area contributed by atoms with E-state index in [-0.39, 0.29) is 5.91 Å². The van der Waals surface area contributed by atoms with E-state index in [1.165, 1.54) is 17.5 Å². The minimum atomic E-state index is 0.175. The molecule has 1 aromatic carbocycles. The van der Waals surface area contributed by atoms with Crippen LogP contribution in [-0.2, 0) is 4.79 Å². The number of rotatable bonds is 8. The number of H-pyrrole nitrogens is 1. The molecule has 30 heavy (non-hydrogen) atoms. The Morgan fingerprint density at radius 2 is 2.17 bits per heavy atom. The van der Waals surface area contributed by atoms with Crippen molar-refractivity contribution in [2.75, 3.05) is 12.3 Å². The first kappa shape index (κ1) is 19.4. The minimum absolute atomic E-state index is 0.175. The third-order valence-electron chi connectivity index (χ3n) is 5.84. The number of benzene rings is 1. The van der Waals surface area contributed by atoms with E-state index in [4.69, 9.17) is 0 Å². The Labute approximate surface area is 180 Å². The Bertz CT molecular complexity index is 1090. The second kappa shape index (κ2) is 8.30. The summed E-state index contributed by atoms with van der Waals surface area (Å²) in [6, 6.07) is 8.70. The lowest BCUT2D eigenvalue weighted by Crippen LogP contribution is -2.32. The van der Waals surface area contributed by atoms with Gasteiger partial charge < -0.3 is 9.88 Å². The van der Waals surface area contributed by atoms with Crippen LogP contribution >= 0.6 is 11.8 Å². The van der Waals surface area contributed by atoms with Crippen molar-refractivity contribution in [3.05, 3.63) is 42.2 Å². The molecule has 1 N–H and O–H groups in total. The van der Waals surface area contributed by atoms with Crippen molar-refractivity contribution in [3.63, 3.8) is 0 Å². The number of allylic oxidation sites excluding steroid dienone is 2. The maximum atomic E-state index is 13.0. The summed E-state index contributed by atoms with van der Waals surface area (Å²) >= 11 is 1.52. The highest BCUT2D eigenvalue weighted by Crippen LogP contribution is 2.42. The number of nitrogens with one attached hydrogen (secondary N) is 1. The van der Waals surface area contributed by atoms with Gasteiger partial charge in [0.05, 0.1) is 5.75 Å². The number of hydrogen-bond acceptors (Lipinski definition) is 4. The molecule has 1 saturated carbocycles. The standard InChI is InChI=1S/C23H27N5OS/c1-2-13-27(16-7-3-4-8-16)21(29)15-30-23-26-25-22(28(23)17-11-12-17)19-14-24-20-10-6-5-9-18(19)20/h5-7,9-10,14,17,24H,2-4,8,11-13,15H2,1H3. The molecule has 0 saturated heterocycles. The predicted molar refractivity (Wildman–Crippen MR) is 120 cm³/mol. The van der Waals surface area contributed by atoms with Crippen LogP contribution in [0.1, 0.15) is 51.5 Å². The molecule has 6 nitrogen and oxygen atoms in total. The molecule has 0 unspecified atom stereocenters. The molecule has 2 aliphatic carbocycles. The molecule has 2 heterocycles. The largest absolute Gasteiger partial charge is 0.360 e. The van der Waals surface area contributed by atoms with Gasteiger partial charge in [0.15, 0.2) is 11.0 Å². The van der Waals surface area contributed by atoms with Gasteiger partial charge in [0.25, 0.3) is 0 Å². The van der Waals surface area contributed by atoms with Crippen molar-refractivity contribution in [1.82, 2.24) is 24.6 Å². The van der Waals surface area contributed by atoms with Crippen molar-refractivity contribution in [2.45, 2.75) is 56.6 Å². The van der Waals surface area contributed by atoms with Crippen LogP contribution in [0.15, 0.2) is 47.4 Å². The second-order valence-corrected chi connectivity index (χ2v) is 9.02. The SMILES string of the molecule is CCCN(C(=O)CSc1nnc(-c2c[nH]c3ccccc23)n1C1CC1)C1=CCCC1. The van der Waals surface area contributed by atoms with Crippen LogP contribution in [-0.4, -0.2) is 42.9 Å². The number of carbonyl (C=O) groups excluding carboxylic acids is 1. The molecule has 5 rings (SSSR count). The predicted octanol–water partition coefficient (Wildman–Crippen LogP) is 5.16. The summed E-state index contributed by atoms with van der Waals surface area (Å²) in [5.41, 5.74) is 3.37. The van der Waals surface area contributed by atoms with E-state index in [1.807, 2.05) is 23.2 Å². The van der Waals surface area contributed by atoms with Gasteiger partial charge in [-0.15, -0.1) is 10.2 Å². The fraction of sp³-hybridized carbons (Fsp3) is 0.435. The van der Waals surface area contributed by atoms with Crippen LogP contribution < -0.4 is 0 Å². The molecule has 0 spiro atoms. The molecule has 2 aromatic heterocycles. The third-order valence-corrected chi connectivity index (χ3v) is 6.77. The number of para-hydroxylation sites is 1. The summed E-state index contributed by atoms with van der Waals surface area (Å²) in [5.74, 6) is 1.47. The van der Waals surface area contributed by atoms with Crippen LogP contribution in [0.2, 0.25) is 0 Å². The van der Waals surface area contributed by atoms with E-state index in [9.17, 15) is 4.79 Å². The Morgan fingerprint density at radius 1 is 1.30 bits per heavy atom. The summed E-state index contributed by atoms with van der Waals surface area (Å²) in [5, 5.41) is 11.0. The number of aromatic nitrogens is 4. The fourth-order valence-electron chi connectivity index (χ4n) is 4.23. The first-order valence-electron chi connectivity index (χ1n) is 10.9. The lowest BCUT2D eigenvalue weighted by molar-refractivity contribution is -0.126. The topological polar surface area (TPSA) is 66.8 Å². The third kappa shape index (κ3) is 3.67. The quantitative estimate of drug-likeness (QED) is 0.510. The molecule has 0 atom stereocenters. The normalized spacial score (nSPS) is 16.2. The van der Waals surface area contributed by atoms with Crippen LogP contribution in [0.25, 0.3) is 22.3 Å².